The molecule has 104 valence electrons. The van der Waals surface area contributed by atoms with Gasteiger partial charge in [0.2, 0.25) is 0 Å². The Bertz CT molecular complexity index is 409. The Morgan fingerprint density at radius 3 is 2.26 bits per heavy atom. The summed E-state index contributed by atoms with van der Waals surface area (Å²) in [5.74, 6) is 0.828. The van der Waals surface area contributed by atoms with E-state index in [-0.39, 0.29) is 0 Å². The zero-order chi connectivity index (χ0) is 13.2. The fourth-order valence-electron chi connectivity index (χ4n) is 3.40. The number of halogens is 1. The maximum Gasteiger partial charge on any atom is 0.0406 e. The van der Waals surface area contributed by atoms with Crippen molar-refractivity contribution in [2.75, 3.05) is 13.1 Å². The molecule has 1 heterocycles. The molecule has 0 amide bonds. The lowest BCUT2D eigenvalue weighted by Gasteiger charge is -2.45. The van der Waals surface area contributed by atoms with Gasteiger partial charge in [-0.25, -0.2) is 0 Å². The van der Waals surface area contributed by atoms with Gasteiger partial charge in [0.05, 0.1) is 0 Å². The molecule has 2 N–H and O–H groups in total. The molecule has 19 heavy (non-hydrogen) atoms. The van der Waals surface area contributed by atoms with Gasteiger partial charge in [-0.1, -0.05) is 23.7 Å². The molecule has 1 aromatic rings. The van der Waals surface area contributed by atoms with Crippen LogP contribution in [0.4, 0.5) is 0 Å². The summed E-state index contributed by atoms with van der Waals surface area (Å²) in [5, 5.41) is 0.831. The predicted molar refractivity (Wildman–Crippen MR) is 80.5 cm³/mol. The van der Waals surface area contributed by atoms with Gasteiger partial charge in [0, 0.05) is 17.1 Å². The first kappa shape index (κ1) is 13.4. The Kier molecular flexibility index (Phi) is 4.11. The topological polar surface area (TPSA) is 29.3 Å². The number of rotatable bonds is 3. The third-order valence-electron chi connectivity index (χ3n) is 4.85. The molecule has 0 aromatic heterocycles. The average molecular weight is 279 g/mol. The predicted octanol–water partition coefficient (Wildman–Crippen LogP) is 3.08. The highest BCUT2D eigenvalue weighted by atomic mass is 35.5. The van der Waals surface area contributed by atoms with Crippen molar-refractivity contribution in [1.82, 2.24) is 4.90 Å². The van der Waals surface area contributed by atoms with Crippen LogP contribution in [-0.2, 0) is 6.42 Å². The molecule has 2 nitrogen and oxygen atoms in total. The van der Waals surface area contributed by atoms with Crippen molar-refractivity contribution < 1.29 is 0 Å². The molecule has 1 aromatic carbocycles. The number of nitrogens with two attached hydrogens (primary N) is 1. The first-order valence-corrected chi connectivity index (χ1v) is 7.84. The molecule has 3 rings (SSSR count). The molecule has 1 saturated carbocycles. The molecule has 2 aliphatic rings. The first-order valence-electron chi connectivity index (χ1n) is 7.46. The maximum absolute atomic E-state index is 6.07. The van der Waals surface area contributed by atoms with Crippen LogP contribution < -0.4 is 5.73 Å². The van der Waals surface area contributed by atoms with E-state index in [2.05, 4.69) is 17.0 Å². The number of likely N-dealkylation sites (tertiary alicyclic amines) is 1. The van der Waals surface area contributed by atoms with Crippen LogP contribution in [0.15, 0.2) is 24.3 Å². The van der Waals surface area contributed by atoms with Gasteiger partial charge in [0.1, 0.15) is 0 Å². The Morgan fingerprint density at radius 1 is 1.05 bits per heavy atom. The summed E-state index contributed by atoms with van der Waals surface area (Å²) in [4.78, 5) is 2.62. The van der Waals surface area contributed by atoms with Crippen molar-refractivity contribution in [3.63, 3.8) is 0 Å². The molecule has 0 bridgehead atoms. The van der Waals surface area contributed by atoms with Crippen molar-refractivity contribution in [3.05, 3.63) is 34.9 Å². The van der Waals surface area contributed by atoms with Crippen LogP contribution in [0, 0.1) is 5.92 Å². The highest BCUT2D eigenvalue weighted by molar-refractivity contribution is 6.30. The van der Waals surface area contributed by atoms with Crippen molar-refractivity contribution >= 4 is 11.6 Å². The monoisotopic (exact) mass is 278 g/mol. The van der Waals surface area contributed by atoms with Gasteiger partial charge in [0.25, 0.3) is 0 Å². The largest absolute Gasteiger partial charge is 0.326 e. The number of hydrogen-bond donors (Lipinski definition) is 1. The summed E-state index contributed by atoms with van der Waals surface area (Å²) in [6, 6.07) is 9.44. The Balaban J connectivity index is 1.48. The Morgan fingerprint density at radius 2 is 1.74 bits per heavy atom. The van der Waals surface area contributed by atoms with E-state index in [0.717, 1.165) is 10.9 Å². The van der Waals surface area contributed by atoms with Crippen LogP contribution in [0.25, 0.3) is 0 Å². The average Bonchev–Trinajstić information content (AvgIpc) is 2.42. The van der Waals surface area contributed by atoms with Crippen molar-refractivity contribution in [3.8, 4) is 0 Å². The molecule has 1 aliphatic heterocycles. The lowest BCUT2D eigenvalue weighted by molar-refractivity contribution is 0.0676. The van der Waals surface area contributed by atoms with E-state index in [1.54, 1.807) is 0 Å². The minimum atomic E-state index is 0.438. The number of nitrogens with zero attached hydrogens (tertiary/aromatic N) is 1. The van der Waals surface area contributed by atoms with E-state index < -0.39 is 0 Å². The quantitative estimate of drug-likeness (QED) is 0.921. The van der Waals surface area contributed by atoms with E-state index in [1.807, 2.05) is 12.1 Å². The van der Waals surface area contributed by atoms with Crippen LogP contribution >= 0.6 is 11.6 Å². The van der Waals surface area contributed by atoms with Crippen LogP contribution in [0.1, 0.15) is 31.2 Å². The van der Waals surface area contributed by atoms with Gasteiger partial charge in [0.15, 0.2) is 0 Å². The Hall–Kier alpha value is -0.570. The highest BCUT2D eigenvalue weighted by Gasteiger charge is 2.34. The third-order valence-corrected chi connectivity index (χ3v) is 5.10. The standard InChI is InChI=1S/C16H23ClN2/c17-14-3-1-12(2-4-14)11-13-7-9-19(10-8-13)16-6-5-15(16)18/h1-4,13,15-16H,5-11,18H2. The van der Waals surface area contributed by atoms with Crippen LogP contribution in [-0.4, -0.2) is 30.1 Å². The molecule has 3 heteroatoms. The van der Waals surface area contributed by atoms with Crippen molar-refractivity contribution in [2.45, 2.75) is 44.2 Å². The number of piperidine rings is 1. The fraction of sp³-hybridized carbons (Fsp3) is 0.625. The van der Waals surface area contributed by atoms with Crippen LogP contribution in [0.5, 0.6) is 0 Å². The van der Waals surface area contributed by atoms with Gasteiger partial charge in [-0.2, -0.15) is 0 Å². The fourth-order valence-corrected chi connectivity index (χ4v) is 3.53. The van der Waals surface area contributed by atoms with Crippen LogP contribution in [0.3, 0.4) is 0 Å². The summed E-state index contributed by atoms with van der Waals surface area (Å²) in [7, 11) is 0. The molecule has 2 unspecified atom stereocenters. The zero-order valence-electron chi connectivity index (χ0n) is 11.4. The smallest absolute Gasteiger partial charge is 0.0406 e. The second kappa shape index (κ2) is 5.82. The van der Waals surface area contributed by atoms with Gasteiger partial charge in [-0.15, -0.1) is 0 Å². The summed E-state index contributed by atoms with van der Waals surface area (Å²) in [6.07, 6.45) is 6.35. The lowest BCUT2D eigenvalue weighted by Crippen LogP contribution is -2.56. The summed E-state index contributed by atoms with van der Waals surface area (Å²) < 4.78 is 0. The molecule has 0 spiro atoms. The summed E-state index contributed by atoms with van der Waals surface area (Å²) in [5.41, 5.74) is 7.49. The third kappa shape index (κ3) is 3.13. The van der Waals surface area contributed by atoms with E-state index in [0.29, 0.717) is 12.1 Å². The lowest BCUT2D eigenvalue weighted by atomic mass is 9.82. The molecular formula is C16H23ClN2. The SMILES string of the molecule is NC1CCC1N1CCC(Cc2ccc(Cl)cc2)CC1. The van der Waals surface area contributed by atoms with E-state index >= 15 is 0 Å². The molecule has 1 saturated heterocycles. The van der Waals surface area contributed by atoms with Gasteiger partial charge >= 0.3 is 0 Å². The zero-order valence-corrected chi connectivity index (χ0v) is 12.1. The molecule has 2 atom stereocenters. The molecule has 1 aliphatic carbocycles. The second-order valence-electron chi connectivity index (χ2n) is 6.12. The molecule has 0 radical (unpaired) electrons. The van der Waals surface area contributed by atoms with E-state index in [9.17, 15) is 0 Å². The minimum absolute atomic E-state index is 0.438. The Labute approximate surface area is 120 Å². The summed E-state index contributed by atoms with van der Waals surface area (Å²) >= 11 is 5.93. The first-order chi connectivity index (χ1) is 9.22. The molecular weight excluding hydrogens is 256 g/mol. The second-order valence-corrected chi connectivity index (χ2v) is 6.55. The minimum Gasteiger partial charge on any atom is -0.326 e. The summed E-state index contributed by atoms with van der Waals surface area (Å²) in [6.45, 7) is 2.47. The van der Waals surface area contributed by atoms with Gasteiger partial charge < -0.3 is 5.73 Å². The van der Waals surface area contributed by atoms with Crippen molar-refractivity contribution in [1.29, 1.82) is 0 Å². The number of hydrogen-bond acceptors (Lipinski definition) is 2. The molecule has 2 fully saturated rings. The highest BCUT2D eigenvalue weighted by Crippen LogP contribution is 2.29. The van der Waals surface area contributed by atoms with Crippen LogP contribution in [0.2, 0.25) is 5.02 Å². The number of benzene rings is 1. The van der Waals surface area contributed by atoms with Crippen molar-refractivity contribution in [2.24, 2.45) is 11.7 Å². The van der Waals surface area contributed by atoms with Gasteiger partial charge in [-0.3, -0.25) is 4.90 Å². The maximum atomic E-state index is 6.07. The van der Waals surface area contributed by atoms with Gasteiger partial charge in [-0.05, 0) is 68.8 Å². The van der Waals surface area contributed by atoms with E-state index in [1.165, 1.54) is 50.8 Å². The normalized spacial score (nSPS) is 29.2. The van der Waals surface area contributed by atoms with E-state index in [4.69, 9.17) is 17.3 Å².